The van der Waals surface area contributed by atoms with E-state index in [0.29, 0.717) is 5.69 Å². The van der Waals surface area contributed by atoms with Crippen molar-refractivity contribution in [2.75, 3.05) is 17.7 Å². The summed E-state index contributed by atoms with van der Waals surface area (Å²) in [6, 6.07) is 7.70. The molecule has 1 aromatic heterocycles. The van der Waals surface area contributed by atoms with E-state index in [1.54, 1.807) is 11.9 Å². The molecule has 19 heavy (non-hydrogen) atoms. The highest BCUT2D eigenvalue weighted by Crippen LogP contribution is 2.22. The van der Waals surface area contributed by atoms with Crippen LogP contribution in [0, 0.1) is 6.92 Å². The molecule has 1 heterocycles. The quantitative estimate of drug-likeness (QED) is 0.885. The van der Waals surface area contributed by atoms with Crippen molar-refractivity contribution < 1.29 is 4.79 Å². The fraction of sp³-hybridized carbons (Fsp3) is 0.286. The molecular formula is C14H18N4O. The van der Waals surface area contributed by atoms with Crippen molar-refractivity contribution in [3.8, 4) is 0 Å². The summed E-state index contributed by atoms with van der Waals surface area (Å²) in [6.45, 7) is 3.92. The summed E-state index contributed by atoms with van der Waals surface area (Å²) >= 11 is 0. The molecule has 1 aromatic carbocycles. The van der Waals surface area contributed by atoms with Crippen LogP contribution >= 0.6 is 0 Å². The predicted octanol–water partition coefficient (Wildman–Crippen LogP) is 2.14. The van der Waals surface area contributed by atoms with Crippen molar-refractivity contribution in [3.05, 3.63) is 41.2 Å². The number of para-hydroxylation sites is 1. The molecule has 0 aliphatic rings. The number of amides is 1. The van der Waals surface area contributed by atoms with Gasteiger partial charge in [0.05, 0.1) is 11.4 Å². The van der Waals surface area contributed by atoms with Crippen LogP contribution in [0.4, 0.5) is 11.4 Å². The van der Waals surface area contributed by atoms with Gasteiger partial charge in [0.1, 0.15) is 0 Å². The van der Waals surface area contributed by atoms with E-state index in [9.17, 15) is 4.79 Å². The van der Waals surface area contributed by atoms with Gasteiger partial charge in [-0.3, -0.25) is 9.89 Å². The number of anilines is 2. The largest absolute Gasteiger partial charge is 0.395 e. The first-order valence-electron chi connectivity index (χ1n) is 6.22. The highest BCUT2D eigenvalue weighted by atomic mass is 16.2. The highest BCUT2D eigenvalue weighted by molar-refractivity contribution is 6.08. The summed E-state index contributed by atoms with van der Waals surface area (Å²) in [6.07, 6.45) is 0.722. The van der Waals surface area contributed by atoms with Crippen LogP contribution in [0.2, 0.25) is 0 Å². The van der Waals surface area contributed by atoms with E-state index in [1.165, 1.54) is 0 Å². The molecule has 0 saturated heterocycles. The Bertz CT molecular complexity index is 603. The zero-order chi connectivity index (χ0) is 14.0. The van der Waals surface area contributed by atoms with Crippen molar-refractivity contribution >= 4 is 17.3 Å². The van der Waals surface area contributed by atoms with Crippen molar-refractivity contribution in [3.63, 3.8) is 0 Å². The minimum absolute atomic E-state index is 0.206. The molecule has 2 aromatic rings. The Morgan fingerprint density at radius 2 is 2.11 bits per heavy atom. The minimum Gasteiger partial charge on any atom is -0.395 e. The van der Waals surface area contributed by atoms with Gasteiger partial charge < -0.3 is 10.6 Å². The second kappa shape index (κ2) is 5.14. The van der Waals surface area contributed by atoms with Crippen LogP contribution in [0.15, 0.2) is 24.3 Å². The van der Waals surface area contributed by atoms with Crippen LogP contribution in [0.1, 0.15) is 28.7 Å². The van der Waals surface area contributed by atoms with Crippen molar-refractivity contribution in [1.29, 1.82) is 0 Å². The third-order valence-electron chi connectivity index (χ3n) is 3.22. The standard InChI is InChI=1S/C14H18N4O/c1-4-10-12(15)13(17-16-10)14(19)18(3)11-8-6-5-7-9(11)2/h5-8H,4,15H2,1-3H3,(H,16,17). The van der Waals surface area contributed by atoms with E-state index >= 15 is 0 Å². The lowest BCUT2D eigenvalue weighted by Gasteiger charge is -2.18. The Labute approximate surface area is 112 Å². The lowest BCUT2D eigenvalue weighted by atomic mass is 10.1. The molecule has 0 fully saturated rings. The van der Waals surface area contributed by atoms with E-state index in [0.717, 1.165) is 23.4 Å². The third-order valence-corrected chi connectivity index (χ3v) is 3.22. The molecule has 5 heteroatoms. The molecule has 100 valence electrons. The lowest BCUT2D eigenvalue weighted by Crippen LogP contribution is -2.28. The van der Waals surface area contributed by atoms with Gasteiger partial charge >= 0.3 is 0 Å². The molecule has 0 radical (unpaired) electrons. The van der Waals surface area contributed by atoms with Crippen LogP contribution in [0.3, 0.4) is 0 Å². The van der Waals surface area contributed by atoms with Gasteiger partial charge in [0, 0.05) is 12.7 Å². The Balaban J connectivity index is 2.34. The van der Waals surface area contributed by atoms with E-state index in [2.05, 4.69) is 10.2 Å². The molecule has 2 rings (SSSR count). The average Bonchev–Trinajstić information content (AvgIpc) is 2.78. The lowest BCUT2D eigenvalue weighted by molar-refractivity contribution is 0.0989. The highest BCUT2D eigenvalue weighted by Gasteiger charge is 2.21. The number of carbonyl (C=O) groups is 1. The van der Waals surface area contributed by atoms with Crippen molar-refractivity contribution in [2.45, 2.75) is 20.3 Å². The molecule has 0 spiro atoms. The fourth-order valence-corrected chi connectivity index (χ4v) is 2.03. The molecule has 0 atom stereocenters. The number of aromatic nitrogens is 2. The number of aryl methyl sites for hydroxylation is 2. The molecule has 3 N–H and O–H groups in total. The van der Waals surface area contributed by atoms with Gasteiger partial charge in [-0.25, -0.2) is 0 Å². The fourth-order valence-electron chi connectivity index (χ4n) is 2.03. The molecule has 0 aliphatic carbocycles. The van der Waals surface area contributed by atoms with Crippen LogP contribution in [-0.4, -0.2) is 23.2 Å². The second-order valence-electron chi connectivity index (χ2n) is 4.47. The molecular weight excluding hydrogens is 240 g/mol. The SMILES string of the molecule is CCc1[nH]nc(C(=O)N(C)c2ccccc2C)c1N. The molecule has 5 nitrogen and oxygen atoms in total. The molecule has 0 bridgehead atoms. The van der Waals surface area contributed by atoms with Gasteiger partial charge in [-0.2, -0.15) is 5.10 Å². The first-order valence-corrected chi connectivity index (χ1v) is 6.22. The number of nitrogens with one attached hydrogen (secondary N) is 1. The number of rotatable bonds is 3. The summed E-state index contributed by atoms with van der Waals surface area (Å²) in [7, 11) is 1.73. The Morgan fingerprint density at radius 1 is 1.42 bits per heavy atom. The molecule has 0 unspecified atom stereocenters. The van der Waals surface area contributed by atoms with Crippen LogP contribution in [0.25, 0.3) is 0 Å². The van der Waals surface area contributed by atoms with Gasteiger partial charge in [0.25, 0.3) is 5.91 Å². The zero-order valence-corrected chi connectivity index (χ0v) is 11.4. The van der Waals surface area contributed by atoms with Gasteiger partial charge in [-0.15, -0.1) is 0 Å². The van der Waals surface area contributed by atoms with Crippen LogP contribution in [-0.2, 0) is 6.42 Å². The smallest absolute Gasteiger partial charge is 0.280 e. The maximum absolute atomic E-state index is 12.4. The summed E-state index contributed by atoms with van der Waals surface area (Å²) in [4.78, 5) is 14.0. The third kappa shape index (κ3) is 2.31. The minimum atomic E-state index is -0.206. The van der Waals surface area contributed by atoms with E-state index in [1.807, 2.05) is 38.1 Å². The van der Waals surface area contributed by atoms with Gasteiger partial charge in [0.15, 0.2) is 5.69 Å². The molecule has 0 saturated carbocycles. The monoisotopic (exact) mass is 258 g/mol. The normalized spacial score (nSPS) is 10.5. The predicted molar refractivity (Wildman–Crippen MR) is 76.3 cm³/mol. The van der Waals surface area contributed by atoms with E-state index in [-0.39, 0.29) is 11.6 Å². The van der Waals surface area contributed by atoms with Crippen molar-refractivity contribution in [1.82, 2.24) is 10.2 Å². The molecule has 0 aliphatic heterocycles. The maximum Gasteiger partial charge on any atom is 0.280 e. The molecule has 1 amide bonds. The Hall–Kier alpha value is -2.30. The number of aromatic amines is 1. The van der Waals surface area contributed by atoms with E-state index < -0.39 is 0 Å². The zero-order valence-electron chi connectivity index (χ0n) is 11.4. The van der Waals surface area contributed by atoms with Gasteiger partial charge in [0.2, 0.25) is 0 Å². The maximum atomic E-state index is 12.4. The second-order valence-corrected chi connectivity index (χ2v) is 4.47. The number of carbonyl (C=O) groups excluding carboxylic acids is 1. The van der Waals surface area contributed by atoms with Crippen LogP contribution < -0.4 is 10.6 Å². The Morgan fingerprint density at radius 3 is 2.68 bits per heavy atom. The average molecular weight is 258 g/mol. The number of nitrogens with zero attached hydrogens (tertiary/aromatic N) is 2. The Kier molecular flexibility index (Phi) is 3.55. The summed E-state index contributed by atoms with van der Waals surface area (Å²) in [5.41, 5.74) is 9.32. The summed E-state index contributed by atoms with van der Waals surface area (Å²) in [5, 5.41) is 6.82. The number of hydrogen-bond donors (Lipinski definition) is 2. The van der Waals surface area contributed by atoms with Gasteiger partial charge in [-0.1, -0.05) is 25.1 Å². The summed E-state index contributed by atoms with van der Waals surface area (Å²) < 4.78 is 0. The van der Waals surface area contributed by atoms with E-state index in [4.69, 9.17) is 5.73 Å². The number of H-pyrrole nitrogens is 1. The van der Waals surface area contributed by atoms with Crippen molar-refractivity contribution in [2.24, 2.45) is 0 Å². The van der Waals surface area contributed by atoms with Crippen LogP contribution in [0.5, 0.6) is 0 Å². The first-order chi connectivity index (χ1) is 9.06. The first kappa shape index (κ1) is 13.1. The summed E-state index contributed by atoms with van der Waals surface area (Å²) in [5.74, 6) is -0.206. The number of benzene rings is 1. The number of hydrogen-bond acceptors (Lipinski definition) is 3. The number of nitrogens with two attached hydrogens (primary N) is 1. The van der Waals surface area contributed by atoms with Gasteiger partial charge in [-0.05, 0) is 25.0 Å². The topological polar surface area (TPSA) is 75.0 Å². The number of nitrogen functional groups attached to an aromatic ring is 1.